The third-order valence-corrected chi connectivity index (χ3v) is 1.70. The third kappa shape index (κ3) is 13.7. The molecule has 0 aliphatic heterocycles. The summed E-state index contributed by atoms with van der Waals surface area (Å²) in [6.07, 6.45) is -2.11. The first-order valence-corrected chi connectivity index (χ1v) is 5.08. The lowest BCUT2D eigenvalue weighted by Crippen LogP contribution is -2.10. The van der Waals surface area contributed by atoms with E-state index in [1.807, 2.05) is 0 Å². The third-order valence-electron chi connectivity index (χ3n) is 1.70. The monoisotopic (exact) mass is 227 g/mol. The highest BCUT2D eigenvalue weighted by atomic mass is 19.4. The summed E-state index contributed by atoms with van der Waals surface area (Å²) >= 11 is 0. The average Bonchev–Trinajstić information content (AvgIpc) is 2.14. The molecule has 0 aromatic heterocycles. The molecule has 15 heavy (non-hydrogen) atoms. The van der Waals surface area contributed by atoms with Crippen molar-refractivity contribution >= 4 is 0 Å². The Morgan fingerprint density at radius 2 is 1.53 bits per heavy atom. The van der Waals surface area contributed by atoms with E-state index >= 15 is 0 Å². The first kappa shape index (κ1) is 14.7. The summed E-state index contributed by atoms with van der Waals surface area (Å²) in [5.74, 6) is 0. The zero-order valence-electron chi connectivity index (χ0n) is 8.81. The van der Waals surface area contributed by atoms with Gasteiger partial charge in [0.1, 0.15) is 6.79 Å². The van der Waals surface area contributed by atoms with Crippen molar-refractivity contribution in [1.29, 1.82) is 0 Å². The highest BCUT2D eigenvalue weighted by molar-refractivity contribution is 4.48. The molecular formula is C10H18F3O2. The van der Waals surface area contributed by atoms with Crippen molar-refractivity contribution in [2.24, 2.45) is 0 Å². The van der Waals surface area contributed by atoms with Gasteiger partial charge in [0.05, 0.1) is 0 Å². The van der Waals surface area contributed by atoms with Gasteiger partial charge in [-0.15, -0.1) is 0 Å². The highest BCUT2D eigenvalue weighted by Crippen LogP contribution is 2.20. The lowest BCUT2D eigenvalue weighted by molar-refractivity contribution is -0.141. The molecule has 0 saturated carbocycles. The number of hydrogen-bond acceptors (Lipinski definition) is 2. The Balaban J connectivity index is 2.99. The van der Waals surface area contributed by atoms with Crippen LogP contribution in [0.1, 0.15) is 32.1 Å². The molecule has 0 bridgehead atoms. The van der Waals surface area contributed by atoms with Gasteiger partial charge in [-0.3, -0.25) is 0 Å². The van der Waals surface area contributed by atoms with E-state index in [-0.39, 0.29) is 19.8 Å². The van der Waals surface area contributed by atoms with Crippen molar-refractivity contribution in [3.63, 3.8) is 0 Å². The van der Waals surface area contributed by atoms with Crippen molar-refractivity contribution in [1.82, 2.24) is 0 Å². The predicted octanol–water partition coefficient (Wildman–Crippen LogP) is 3.32. The van der Waals surface area contributed by atoms with E-state index in [4.69, 9.17) is 9.47 Å². The predicted molar refractivity (Wildman–Crippen MR) is 51.3 cm³/mol. The molecule has 0 spiro atoms. The number of halogens is 3. The standard InChI is InChI=1S/C10H18F3O2/c1-2-3-4-7-14-9-15-8-5-6-10(11,12)13/h1-9H2. The first-order valence-electron chi connectivity index (χ1n) is 5.08. The molecule has 0 N–H and O–H groups in total. The molecule has 0 unspecified atom stereocenters. The molecule has 1 radical (unpaired) electrons. The van der Waals surface area contributed by atoms with E-state index in [1.165, 1.54) is 0 Å². The van der Waals surface area contributed by atoms with Gasteiger partial charge in [-0.05, 0) is 12.8 Å². The van der Waals surface area contributed by atoms with Crippen molar-refractivity contribution in [3.05, 3.63) is 6.92 Å². The zero-order valence-corrected chi connectivity index (χ0v) is 8.81. The molecule has 0 fully saturated rings. The fourth-order valence-corrected chi connectivity index (χ4v) is 0.932. The number of alkyl halides is 3. The largest absolute Gasteiger partial charge is 0.389 e. The molecule has 2 nitrogen and oxygen atoms in total. The minimum Gasteiger partial charge on any atom is -0.355 e. The Morgan fingerprint density at radius 3 is 2.07 bits per heavy atom. The van der Waals surface area contributed by atoms with E-state index in [0.717, 1.165) is 19.3 Å². The Bertz CT molecular complexity index is 137. The molecule has 0 heterocycles. The molecule has 0 saturated heterocycles. The molecule has 0 aliphatic carbocycles. The van der Waals surface area contributed by atoms with Gasteiger partial charge in [0.25, 0.3) is 0 Å². The van der Waals surface area contributed by atoms with E-state index < -0.39 is 12.6 Å². The Hall–Kier alpha value is -0.290. The Morgan fingerprint density at radius 1 is 0.933 bits per heavy atom. The van der Waals surface area contributed by atoms with Crippen molar-refractivity contribution in [3.8, 4) is 0 Å². The van der Waals surface area contributed by atoms with Crippen LogP contribution in [0.15, 0.2) is 0 Å². The molecular weight excluding hydrogens is 209 g/mol. The molecule has 91 valence electrons. The lowest BCUT2D eigenvalue weighted by Gasteiger charge is -2.07. The van der Waals surface area contributed by atoms with E-state index in [0.29, 0.717) is 6.61 Å². The second kappa shape index (κ2) is 8.97. The SMILES string of the molecule is [CH2]CCCCOCOCCCC(F)(F)F. The van der Waals surface area contributed by atoms with Gasteiger partial charge in [0.2, 0.25) is 0 Å². The molecule has 0 aromatic rings. The minimum atomic E-state index is -4.08. The maximum Gasteiger partial charge on any atom is 0.389 e. The van der Waals surface area contributed by atoms with Gasteiger partial charge in [-0.1, -0.05) is 19.8 Å². The quantitative estimate of drug-likeness (QED) is 0.444. The fraction of sp³-hybridized carbons (Fsp3) is 0.900. The minimum absolute atomic E-state index is 0.00819. The van der Waals surface area contributed by atoms with Crippen LogP contribution in [0, 0.1) is 6.92 Å². The maximum atomic E-state index is 11.7. The molecule has 5 heteroatoms. The van der Waals surface area contributed by atoms with Gasteiger partial charge < -0.3 is 9.47 Å². The van der Waals surface area contributed by atoms with Gasteiger partial charge in [-0.25, -0.2) is 0 Å². The van der Waals surface area contributed by atoms with Gasteiger partial charge in [-0.2, -0.15) is 13.2 Å². The van der Waals surface area contributed by atoms with Crippen molar-refractivity contribution in [2.75, 3.05) is 20.0 Å². The summed E-state index contributed by atoms with van der Waals surface area (Å²) in [5, 5.41) is 0. The van der Waals surface area contributed by atoms with E-state index in [9.17, 15) is 13.2 Å². The number of unbranched alkanes of at least 4 members (excludes halogenated alkanes) is 2. The van der Waals surface area contributed by atoms with Gasteiger partial charge >= 0.3 is 6.18 Å². The summed E-state index contributed by atoms with van der Waals surface area (Å²) in [4.78, 5) is 0. The normalized spacial score (nSPS) is 12.0. The number of hydrogen-bond donors (Lipinski definition) is 0. The van der Waals surface area contributed by atoms with Crippen LogP contribution >= 0.6 is 0 Å². The maximum absolute atomic E-state index is 11.7. The molecule has 0 atom stereocenters. The second-order valence-corrected chi connectivity index (χ2v) is 3.21. The van der Waals surface area contributed by atoms with Crippen LogP contribution in [0.25, 0.3) is 0 Å². The van der Waals surface area contributed by atoms with E-state index in [2.05, 4.69) is 6.92 Å². The number of rotatable bonds is 9. The Kier molecular flexibility index (Phi) is 8.80. The van der Waals surface area contributed by atoms with Crippen LogP contribution in [-0.4, -0.2) is 26.2 Å². The summed E-state index contributed by atoms with van der Waals surface area (Å²) < 4.78 is 44.9. The van der Waals surface area contributed by atoms with Gasteiger partial charge in [0.15, 0.2) is 0 Å². The molecule has 0 aromatic carbocycles. The summed E-state index contributed by atoms with van der Waals surface area (Å²) in [6.45, 7) is 4.42. The Labute approximate surface area is 88.7 Å². The fourth-order valence-electron chi connectivity index (χ4n) is 0.932. The summed E-state index contributed by atoms with van der Waals surface area (Å²) in [7, 11) is 0. The summed E-state index contributed by atoms with van der Waals surface area (Å²) in [6, 6.07) is 0. The second-order valence-electron chi connectivity index (χ2n) is 3.21. The first-order chi connectivity index (χ1) is 7.06. The molecule has 0 aliphatic rings. The lowest BCUT2D eigenvalue weighted by atomic mass is 10.3. The number of ether oxygens (including phenoxy) is 2. The van der Waals surface area contributed by atoms with Crippen LogP contribution in [-0.2, 0) is 9.47 Å². The smallest absolute Gasteiger partial charge is 0.355 e. The molecule has 0 amide bonds. The van der Waals surface area contributed by atoms with E-state index in [1.54, 1.807) is 0 Å². The van der Waals surface area contributed by atoms with Crippen molar-refractivity contribution < 1.29 is 22.6 Å². The van der Waals surface area contributed by atoms with Crippen LogP contribution in [0.3, 0.4) is 0 Å². The summed E-state index contributed by atoms with van der Waals surface area (Å²) in [5.41, 5.74) is 0. The average molecular weight is 227 g/mol. The van der Waals surface area contributed by atoms with Crippen LogP contribution in [0.4, 0.5) is 13.2 Å². The highest BCUT2D eigenvalue weighted by Gasteiger charge is 2.25. The van der Waals surface area contributed by atoms with Crippen LogP contribution < -0.4 is 0 Å². The van der Waals surface area contributed by atoms with Crippen LogP contribution in [0.5, 0.6) is 0 Å². The molecule has 0 rings (SSSR count). The topological polar surface area (TPSA) is 18.5 Å². The van der Waals surface area contributed by atoms with Crippen molar-refractivity contribution in [2.45, 2.75) is 38.3 Å². The van der Waals surface area contributed by atoms with Crippen LogP contribution in [0.2, 0.25) is 0 Å². The van der Waals surface area contributed by atoms with Gasteiger partial charge in [0, 0.05) is 19.6 Å². The zero-order chi connectivity index (χ0) is 11.6.